The van der Waals surface area contributed by atoms with Crippen molar-refractivity contribution in [1.82, 2.24) is 9.62 Å². The van der Waals surface area contributed by atoms with Gasteiger partial charge in [-0.05, 0) is 61.6 Å². The number of nitrogens with zero attached hydrogens (tertiary/aromatic N) is 2. The molecule has 1 heterocycles. The summed E-state index contributed by atoms with van der Waals surface area (Å²) in [6.45, 7) is 8.41. The van der Waals surface area contributed by atoms with Crippen molar-refractivity contribution in [3.8, 4) is 0 Å². The van der Waals surface area contributed by atoms with E-state index in [-0.39, 0.29) is 16.8 Å². The highest BCUT2D eigenvalue weighted by Crippen LogP contribution is 2.34. The second-order valence-corrected chi connectivity index (χ2v) is 10.8. The zero-order chi connectivity index (χ0) is 24.1. The molecule has 8 heteroatoms. The van der Waals surface area contributed by atoms with Gasteiger partial charge in [0, 0.05) is 44.3 Å². The van der Waals surface area contributed by atoms with Gasteiger partial charge in [0.05, 0.1) is 5.69 Å². The summed E-state index contributed by atoms with van der Waals surface area (Å²) in [6.07, 6.45) is 3.83. The van der Waals surface area contributed by atoms with Gasteiger partial charge in [0.2, 0.25) is 15.9 Å². The molecule has 2 N–H and O–H groups in total. The monoisotopic (exact) mass is 484 g/mol. The lowest BCUT2D eigenvalue weighted by molar-refractivity contribution is -0.116. The van der Waals surface area contributed by atoms with Gasteiger partial charge >= 0.3 is 0 Å². The van der Waals surface area contributed by atoms with Crippen LogP contribution in [0.5, 0.6) is 0 Å². The van der Waals surface area contributed by atoms with Crippen molar-refractivity contribution >= 4 is 27.3 Å². The molecule has 0 saturated carbocycles. The molecular weight excluding hydrogens is 448 g/mol. The van der Waals surface area contributed by atoms with Gasteiger partial charge in [-0.2, -0.15) is 0 Å². The number of anilines is 2. The minimum absolute atomic E-state index is 0.107. The molecule has 0 aromatic heterocycles. The number of fused-ring (bicyclic) bond motifs is 1. The maximum absolute atomic E-state index is 13.8. The molecule has 2 aliphatic rings. The van der Waals surface area contributed by atoms with Crippen LogP contribution in [0.25, 0.3) is 0 Å². The van der Waals surface area contributed by atoms with Gasteiger partial charge in [-0.3, -0.25) is 4.79 Å². The molecule has 7 nitrogen and oxygen atoms in total. The van der Waals surface area contributed by atoms with Crippen molar-refractivity contribution in [2.45, 2.75) is 56.9 Å². The maximum atomic E-state index is 13.8. The van der Waals surface area contributed by atoms with Crippen molar-refractivity contribution < 1.29 is 13.2 Å². The van der Waals surface area contributed by atoms with Crippen LogP contribution in [0, 0.1) is 0 Å². The Bertz CT molecular complexity index is 1110. The number of amides is 1. The Morgan fingerprint density at radius 1 is 1.06 bits per heavy atom. The normalized spacial score (nSPS) is 19.0. The average Bonchev–Trinajstić information content (AvgIpc) is 2.84. The van der Waals surface area contributed by atoms with E-state index in [9.17, 15) is 13.2 Å². The van der Waals surface area contributed by atoms with Crippen molar-refractivity contribution in [1.29, 1.82) is 0 Å². The van der Waals surface area contributed by atoms with Gasteiger partial charge in [-0.25, -0.2) is 13.1 Å². The molecule has 1 aliphatic carbocycles. The van der Waals surface area contributed by atoms with Crippen molar-refractivity contribution in [2.24, 2.45) is 0 Å². The van der Waals surface area contributed by atoms with Crippen molar-refractivity contribution in [3.05, 3.63) is 53.6 Å². The summed E-state index contributed by atoms with van der Waals surface area (Å²) in [7, 11) is -3.83. The third-order valence-electron chi connectivity index (χ3n) is 6.84. The molecule has 0 radical (unpaired) electrons. The lowest BCUT2D eigenvalue weighted by Gasteiger charge is -2.36. The number of hydrogen-bond acceptors (Lipinski definition) is 5. The first-order valence-corrected chi connectivity index (χ1v) is 13.9. The Kier molecular flexibility index (Phi) is 7.91. The quantitative estimate of drug-likeness (QED) is 0.594. The first-order chi connectivity index (χ1) is 16.4. The van der Waals surface area contributed by atoms with E-state index in [4.69, 9.17) is 0 Å². The van der Waals surface area contributed by atoms with Gasteiger partial charge in [0.25, 0.3) is 0 Å². The highest BCUT2D eigenvalue weighted by molar-refractivity contribution is 7.89. The molecule has 2 aromatic rings. The molecule has 1 saturated heterocycles. The standard InChI is InChI=1S/C26H36N4O3S/c1-3-8-26(31)27-21-13-14-24(30-17-15-29(4-2)16-18-30)25(19-21)34(32,33)28-23-12-7-10-20-9-5-6-11-22(20)23/h5-6,9,11,13-14,19,23,28H,3-4,7-8,10,12,15-18H2,1-2H3,(H,27,31)/t23-/m0/s1. The largest absolute Gasteiger partial charge is 0.368 e. The molecule has 1 amide bonds. The van der Waals surface area contributed by atoms with Crippen LogP contribution in [-0.2, 0) is 21.2 Å². The van der Waals surface area contributed by atoms with Gasteiger partial charge in [0.1, 0.15) is 4.90 Å². The summed E-state index contributed by atoms with van der Waals surface area (Å²) in [6, 6.07) is 13.1. The number of nitrogens with one attached hydrogen (secondary N) is 2. The summed E-state index contributed by atoms with van der Waals surface area (Å²) >= 11 is 0. The molecule has 0 spiro atoms. The summed E-state index contributed by atoms with van der Waals surface area (Å²) in [5.74, 6) is -0.107. The zero-order valence-electron chi connectivity index (χ0n) is 20.2. The van der Waals surface area contributed by atoms with E-state index in [1.807, 2.05) is 37.3 Å². The molecule has 34 heavy (non-hydrogen) atoms. The minimum atomic E-state index is -3.83. The van der Waals surface area contributed by atoms with Crippen LogP contribution in [0.3, 0.4) is 0 Å². The second kappa shape index (κ2) is 10.9. The van der Waals surface area contributed by atoms with E-state index in [1.54, 1.807) is 6.07 Å². The van der Waals surface area contributed by atoms with Crippen LogP contribution in [0.1, 0.15) is 56.7 Å². The molecule has 2 aromatic carbocycles. The Balaban J connectivity index is 1.66. The van der Waals surface area contributed by atoms with Gasteiger partial charge in [-0.1, -0.05) is 38.1 Å². The van der Waals surface area contributed by atoms with Crippen LogP contribution in [-0.4, -0.2) is 51.9 Å². The lowest BCUT2D eigenvalue weighted by atomic mass is 9.88. The number of hydrogen-bond donors (Lipinski definition) is 2. The van der Waals surface area contributed by atoms with E-state index in [2.05, 4.69) is 32.8 Å². The number of benzene rings is 2. The Labute approximate surface area is 203 Å². The first kappa shape index (κ1) is 24.7. The van der Waals surface area contributed by atoms with E-state index < -0.39 is 10.0 Å². The Morgan fingerprint density at radius 2 is 1.82 bits per heavy atom. The molecular formula is C26H36N4O3S. The number of rotatable bonds is 8. The fourth-order valence-corrected chi connectivity index (χ4v) is 6.45. The first-order valence-electron chi connectivity index (χ1n) is 12.4. The minimum Gasteiger partial charge on any atom is -0.368 e. The smallest absolute Gasteiger partial charge is 0.243 e. The number of sulfonamides is 1. The number of likely N-dealkylation sites (N-methyl/N-ethyl adjacent to an activating group) is 1. The second-order valence-electron chi connectivity index (χ2n) is 9.17. The molecule has 1 aliphatic heterocycles. The van der Waals surface area contributed by atoms with E-state index in [0.717, 1.165) is 64.0 Å². The van der Waals surface area contributed by atoms with Crippen LogP contribution in [0.15, 0.2) is 47.4 Å². The third-order valence-corrected chi connectivity index (χ3v) is 8.34. The fraction of sp³-hybridized carbons (Fsp3) is 0.500. The van der Waals surface area contributed by atoms with Crippen molar-refractivity contribution in [3.63, 3.8) is 0 Å². The predicted molar refractivity (Wildman–Crippen MR) is 137 cm³/mol. The Hall–Kier alpha value is -2.42. The number of aryl methyl sites for hydroxylation is 1. The predicted octanol–water partition coefficient (Wildman–Crippen LogP) is 3.92. The number of piperazine rings is 1. The molecule has 1 atom stereocenters. The van der Waals surface area contributed by atoms with Crippen LogP contribution >= 0.6 is 0 Å². The highest BCUT2D eigenvalue weighted by Gasteiger charge is 2.30. The topological polar surface area (TPSA) is 81.8 Å². The molecule has 4 rings (SSSR count). The summed E-state index contributed by atoms with van der Waals surface area (Å²) in [4.78, 5) is 16.9. The molecule has 184 valence electrons. The van der Waals surface area contributed by atoms with E-state index >= 15 is 0 Å². The van der Waals surface area contributed by atoms with Crippen molar-refractivity contribution in [2.75, 3.05) is 42.9 Å². The zero-order valence-corrected chi connectivity index (χ0v) is 21.0. The number of carbonyl (C=O) groups excluding carboxylic acids is 1. The van der Waals surface area contributed by atoms with Gasteiger partial charge < -0.3 is 15.1 Å². The van der Waals surface area contributed by atoms with Crippen LogP contribution < -0.4 is 14.9 Å². The molecule has 0 unspecified atom stereocenters. The van der Waals surface area contributed by atoms with E-state index in [0.29, 0.717) is 17.8 Å². The summed E-state index contributed by atoms with van der Waals surface area (Å²) in [5, 5.41) is 2.86. The SMILES string of the molecule is CCCC(=O)Nc1ccc(N2CCN(CC)CC2)c(S(=O)(=O)N[C@H]2CCCc3ccccc32)c1. The fourth-order valence-electron chi connectivity index (χ4n) is 4.95. The van der Waals surface area contributed by atoms with Crippen LogP contribution in [0.4, 0.5) is 11.4 Å². The van der Waals surface area contributed by atoms with E-state index in [1.165, 1.54) is 5.56 Å². The van der Waals surface area contributed by atoms with Gasteiger partial charge in [0.15, 0.2) is 0 Å². The lowest BCUT2D eigenvalue weighted by Crippen LogP contribution is -2.46. The average molecular weight is 485 g/mol. The van der Waals surface area contributed by atoms with Crippen LogP contribution in [0.2, 0.25) is 0 Å². The summed E-state index contributed by atoms with van der Waals surface area (Å²) in [5.41, 5.74) is 3.47. The Morgan fingerprint density at radius 3 is 2.56 bits per heavy atom. The third kappa shape index (κ3) is 5.62. The van der Waals surface area contributed by atoms with Gasteiger partial charge in [-0.15, -0.1) is 0 Å². The summed E-state index contributed by atoms with van der Waals surface area (Å²) < 4.78 is 30.6. The highest BCUT2D eigenvalue weighted by atomic mass is 32.2. The number of carbonyl (C=O) groups is 1. The molecule has 0 bridgehead atoms. The maximum Gasteiger partial charge on any atom is 0.243 e. The molecule has 1 fully saturated rings.